The van der Waals surface area contributed by atoms with Crippen molar-refractivity contribution >= 4 is 44.8 Å². The number of rotatable bonds is 6. The zero-order valence-corrected chi connectivity index (χ0v) is 30.8. The molecule has 11 rings (SSSR count). The second kappa shape index (κ2) is 13.4. The lowest BCUT2D eigenvalue weighted by Crippen LogP contribution is -2.31. The number of amidine groups is 1. The van der Waals surface area contributed by atoms with E-state index in [0.29, 0.717) is 11.8 Å². The van der Waals surface area contributed by atoms with Gasteiger partial charge in [-0.05, 0) is 70.1 Å². The van der Waals surface area contributed by atoms with Gasteiger partial charge in [0, 0.05) is 45.6 Å². The summed E-state index contributed by atoms with van der Waals surface area (Å²) in [5.74, 6) is 1.61. The average molecular weight is 722 g/mol. The van der Waals surface area contributed by atoms with E-state index in [-0.39, 0.29) is 12.1 Å². The molecule has 0 radical (unpaired) electrons. The minimum Gasteiger partial charge on any atom is -0.456 e. The van der Waals surface area contributed by atoms with Crippen molar-refractivity contribution in [1.29, 1.82) is 0 Å². The maximum atomic E-state index is 6.78. The number of anilines is 2. The number of allylic oxidation sites excluding steroid dienone is 1. The fourth-order valence-electron chi connectivity index (χ4n) is 9.21. The molecule has 1 aliphatic carbocycles. The summed E-state index contributed by atoms with van der Waals surface area (Å²) in [7, 11) is 0. The Morgan fingerprint density at radius 1 is 0.571 bits per heavy atom. The average Bonchev–Trinajstić information content (AvgIpc) is 3.82. The molecule has 8 aromatic rings. The summed E-state index contributed by atoms with van der Waals surface area (Å²) in [5, 5.41) is 6.01. The van der Waals surface area contributed by atoms with E-state index in [9.17, 15) is 0 Å². The lowest BCUT2D eigenvalue weighted by atomic mass is 9.78. The van der Waals surface area contributed by atoms with Crippen LogP contribution in [0.4, 0.5) is 11.4 Å². The van der Waals surface area contributed by atoms with E-state index < -0.39 is 0 Å². The summed E-state index contributed by atoms with van der Waals surface area (Å²) < 4.78 is 6.78. The van der Waals surface area contributed by atoms with Crippen molar-refractivity contribution in [2.45, 2.75) is 30.3 Å². The summed E-state index contributed by atoms with van der Waals surface area (Å²) in [6.45, 7) is 0. The molecule has 0 saturated carbocycles. The van der Waals surface area contributed by atoms with Gasteiger partial charge in [0.1, 0.15) is 17.0 Å². The van der Waals surface area contributed by atoms with Crippen LogP contribution in [-0.2, 0) is 0 Å². The highest BCUT2D eigenvalue weighted by Gasteiger charge is 2.41. The topological polar surface area (TPSA) is 40.8 Å². The highest BCUT2D eigenvalue weighted by atomic mass is 16.3. The number of hydrogen-bond acceptors (Lipinski definition) is 4. The van der Waals surface area contributed by atoms with Gasteiger partial charge in [0.15, 0.2) is 0 Å². The van der Waals surface area contributed by atoms with Gasteiger partial charge in [-0.3, -0.25) is 0 Å². The first-order chi connectivity index (χ1) is 27.7. The first kappa shape index (κ1) is 32.5. The predicted octanol–water partition coefficient (Wildman–Crippen LogP) is 12.7. The van der Waals surface area contributed by atoms with Crippen LogP contribution in [0.2, 0.25) is 0 Å². The number of benzene rings is 7. The number of nitrogens with one attached hydrogen (secondary N) is 1. The van der Waals surface area contributed by atoms with Gasteiger partial charge in [-0.15, -0.1) is 0 Å². The zero-order chi connectivity index (χ0) is 37.0. The maximum Gasteiger partial charge on any atom is 0.137 e. The Bertz CT molecular complexity index is 2820. The zero-order valence-electron chi connectivity index (χ0n) is 30.8. The molecule has 4 heteroatoms. The number of aliphatic imine (C=N–C) groups is 1. The molecule has 2 aliphatic heterocycles. The van der Waals surface area contributed by atoms with Gasteiger partial charge in [-0.2, -0.15) is 0 Å². The second-order valence-corrected chi connectivity index (χ2v) is 15.1. The van der Waals surface area contributed by atoms with Crippen LogP contribution in [0, 0.1) is 0 Å². The Labute approximate surface area is 326 Å². The third kappa shape index (κ3) is 5.56. The van der Waals surface area contributed by atoms with Crippen LogP contribution in [-0.4, -0.2) is 11.9 Å². The van der Waals surface area contributed by atoms with Crippen LogP contribution >= 0.6 is 0 Å². The van der Waals surface area contributed by atoms with E-state index in [0.717, 1.165) is 62.3 Å². The fourth-order valence-corrected chi connectivity index (χ4v) is 9.21. The van der Waals surface area contributed by atoms with Crippen LogP contribution in [0.15, 0.2) is 204 Å². The summed E-state index contributed by atoms with van der Waals surface area (Å²) in [6, 6.07) is 62.9. The molecular weight excluding hydrogens is 683 g/mol. The molecule has 0 spiro atoms. The van der Waals surface area contributed by atoms with Crippen LogP contribution in [0.3, 0.4) is 0 Å². The molecule has 7 aromatic carbocycles. The van der Waals surface area contributed by atoms with Crippen molar-refractivity contribution in [3.05, 3.63) is 222 Å². The molecule has 0 fully saturated rings. The molecule has 268 valence electrons. The van der Waals surface area contributed by atoms with Crippen molar-refractivity contribution in [1.82, 2.24) is 5.32 Å². The van der Waals surface area contributed by atoms with Crippen molar-refractivity contribution < 1.29 is 4.42 Å². The Morgan fingerprint density at radius 2 is 1.29 bits per heavy atom. The normalized spacial score (nSPS) is 20.0. The van der Waals surface area contributed by atoms with Gasteiger partial charge < -0.3 is 14.6 Å². The lowest BCUT2D eigenvalue weighted by molar-refractivity contribution is 0.533. The molecule has 1 N–H and O–H groups in total. The quantitative estimate of drug-likeness (QED) is 0.174. The molecule has 0 amide bonds. The van der Waals surface area contributed by atoms with Crippen LogP contribution in [0.25, 0.3) is 38.8 Å². The molecule has 3 aliphatic rings. The van der Waals surface area contributed by atoms with Gasteiger partial charge in [0.05, 0.1) is 17.8 Å². The van der Waals surface area contributed by atoms with Gasteiger partial charge in [-0.25, -0.2) is 4.99 Å². The summed E-state index contributed by atoms with van der Waals surface area (Å²) in [5.41, 5.74) is 13.7. The van der Waals surface area contributed by atoms with Gasteiger partial charge in [0.25, 0.3) is 0 Å². The molecule has 3 heterocycles. The third-order valence-corrected chi connectivity index (χ3v) is 11.9. The van der Waals surface area contributed by atoms with Crippen LogP contribution < -0.4 is 10.2 Å². The SMILES string of the molecule is C1=CC2C(CC1c1ccccc1)c1ccc(-c3ccccc3)cc1N2c1ccc2c(c1)oc1cccc(C3C=C(c4ccccc4)N=C(c4ccccc4)N3)c12. The van der Waals surface area contributed by atoms with Crippen molar-refractivity contribution in [3.63, 3.8) is 0 Å². The summed E-state index contributed by atoms with van der Waals surface area (Å²) >= 11 is 0. The van der Waals surface area contributed by atoms with Gasteiger partial charge in [-0.1, -0.05) is 158 Å². The number of hydrogen-bond donors (Lipinski definition) is 1. The van der Waals surface area contributed by atoms with Crippen molar-refractivity contribution in [2.75, 3.05) is 4.90 Å². The first-order valence-electron chi connectivity index (χ1n) is 19.6. The number of fused-ring (bicyclic) bond motifs is 6. The van der Waals surface area contributed by atoms with Gasteiger partial charge >= 0.3 is 0 Å². The highest BCUT2D eigenvalue weighted by Crippen LogP contribution is 2.53. The van der Waals surface area contributed by atoms with Crippen LogP contribution in [0.5, 0.6) is 0 Å². The number of furan rings is 1. The minimum atomic E-state index is -0.116. The Hall–Kier alpha value is -6.91. The Kier molecular flexibility index (Phi) is 7.80. The molecular formula is C52H39N3O. The first-order valence-corrected chi connectivity index (χ1v) is 19.6. The standard InChI is InChI=1S/C52H39N3O/c1-5-14-34(15-6-1)38-25-29-47-44(30-38)41-27-24-39(35-16-7-2-8-17-35)31-48(41)55(47)40-26-28-43-50(32-40)56-49-23-13-22-42(51(43)49)46-33-45(36-18-9-3-10-19-36)53-52(54-46)37-20-11-4-12-21-37/h1-29,31-33,38,44,46-47H,30H2,(H,53,54). The van der Waals surface area contributed by atoms with Crippen LogP contribution in [0.1, 0.15) is 52.1 Å². The van der Waals surface area contributed by atoms with E-state index in [4.69, 9.17) is 9.41 Å². The molecule has 4 unspecified atom stereocenters. The second-order valence-electron chi connectivity index (χ2n) is 15.1. The van der Waals surface area contributed by atoms with E-state index in [1.165, 1.54) is 27.9 Å². The fraction of sp³-hybridized carbons (Fsp3) is 0.0962. The largest absolute Gasteiger partial charge is 0.456 e. The Morgan fingerprint density at radius 3 is 2.05 bits per heavy atom. The molecule has 4 nitrogen and oxygen atoms in total. The number of nitrogens with zero attached hydrogens (tertiary/aromatic N) is 2. The highest BCUT2D eigenvalue weighted by molar-refractivity contribution is 6.09. The Balaban J connectivity index is 1.02. The molecule has 0 bridgehead atoms. The minimum absolute atomic E-state index is 0.116. The monoisotopic (exact) mass is 721 g/mol. The van der Waals surface area contributed by atoms with E-state index in [1.54, 1.807) is 0 Å². The molecule has 56 heavy (non-hydrogen) atoms. The van der Waals surface area contributed by atoms with Crippen molar-refractivity contribution in [2.24, 2.45) is 4.99 Å². The third-order valence-electron chi connectivity index (χ3n) is 11.9. The lowest BCUT2D eigenvalue weighted by Gasteiger charge is -2.33. The predicted molar refractivity (Wildman–Crippen MR) is 230 cm³/mol. The summed E-state index contributed by atoms with van der Waals surface area (Å²) in [4.78, 5) is 7.67. The molecule has 1 aromatic heterocycles. The smallest absolute Gasteiger partial charge is 0.137 e. The molecule has 0 saturated heterocycles. The van der Waals surface area contributed by atoms with E-state index in [1.807, 2.05) is 12.1 Å². The molecule has 4 atom stereocenters. The maximum absolute atomic E-state index is 6.78. The van der Waals surface area contributed by atoms with E-state index >= 15 is 0 Å². The van der Waals surface area contributed by atoms with Crippen molar-refractivity contribution in [3.8, 4) is 11.1 Å². The van der Waals surface area contributed by atoms with E-state index in [2.05, 4.69) is 192 Å². The summed E-state index contributed by atoms with van der Waals surface area (Å²) in [6.07, 6.45) is 8.19. The van der Waals surface area contributed by atoms with Gasteiger partial charge in [0.2, 0.25) is 0 Å².